The Labute approximate surface area is 441 Å². The lowest BCUT2D eigenvalue weighted by atomic mass is 9.80. The molecule has 0 bridgehead atoms. The average Bonchev–Trinajstić information content (AvgIpc) is 4.00. The van der Waals surface area contributed by atoms with Crippen molar-refractivity contribution in [3.05, 3.63) is 48.3 Å². The Hall–Kier alpha value is -3.42. The minimum absolute atomic E-state index is 0.0457. The zero-order valence-electron chi connectivity index (χ0n) is 46.2. The number of carbonyl (C=O) groups is 4. The van der Waals surface area contributed by atoms with Crippen LogP contribution in [0.5, 0.6) is 0 Å². The molecule has 3 spiro atoms. The van der Waals surface area contributed by atoms with Gasteiger partial charge in [-0.2, -0.15) is 0 Å². The summed E-state index contributed by atoms with van der Waals surface area (Å²) in [6.07, 6.45) is 10.5. The van der Waals surface area contributed by atoms with Gasteiger partial charge in [0.25, 0.3) is 0 Å². The van der Waals surface area contributed by atoms with Gasteiger partial charge in [-0.25, -0.2) is 4.79 Å². The Morgan fingerprint density at radius 3 is 2.41 bits per heavy atom. The summed E-state index contributed by atoms with van der Waals surface area (Å²) in [6.45, 7) is 27.1. The summed E-state index contributed by atoms with van der Waals surface area (Å²) in [6, 6.07) is 0.856. The van der Waals surface area contributed by atoms with Gasteiger partial charge in [0.05, 0.1) is 49.5 Å². The van der Waals surface area contributed by atoms with Crippen LogP contribution in [-0.2, 0) is 57.0 Å². The number of aliphatic hydroxyl groups is 2. The minimum Gasteiger partial charge on any atom is -0.492 e. The lowest BCUT2D eigenvalue weighted by Crippen LogP contribution is -2.61. The van der Waals surface area contributed by atoms with E-state index >= 15 is 0 Å². The molecule has 0 radical (unpaired) electrons. The molecule has 17 heteroatoms. The van der Waals surface area contributed by atoms with Crippen molar-refractivity contribution in [3.63, 3.8) is 0 Å². The molecule has 7 aliphatic heterocycles. The SMILES string of the molecule is C=C(CC1=C[C@H](C)C[C@@H]([C@@H]2O[C@]3(C[C@@H]2O)[C@H](C)C[C@H](C)CN3C(=O)OCC[Si](C)(C)C)O1)[C@@H](OC(C)=O)[C@@H](C)C[C@@H](C)C(=O)[C@@H](O)[C@H]1C[C@@H]2O[C@@]3(CC[C@]4(C=CC[C@@H](/C=C/CCCOC(C)=O)O4)O3)[C@@H](C)C[C@@H]2O1. The van der Waals surface area contributed by atoms with Crippen molar-refractivity contribution in [2.24, 2.45) is 35.5 Å². The lowest BCUT2D eigenvalue weighted by Gasteiger charge is -2.49. The molecule has 5 saturated heterocycles. The highest BCUT2D eigenvalue weighted by Crippen LogP contribution is 2.53. The molecule has 0 aliphatic carbocycles. The van der Waals surface area contributed by atoms with E-state index in [-0.39, 0.29) is 72.5 Å². The largest absolute Gasteiger partial charge is 0.492 e. The topological polar surface area (TPSA) is 195 Å². The normalized spacial score (nSPS) is 37.6. The van der Waals surface area contributed by atoms with Gasteiger partial charge in [0.2, 0.25) is 0 Å². The predicted octanol–water partition coefficient (Wildman–Crippen LogP) is 9.09. The fourth-order valence-electron chi connectivity index (χ4n) is 12.7. The summed E-state index contributed by atoms with van der Waals surface area (Å²) in [7, 11) is -1.44. The summed E-state index contributed by atoms with van der Waals surface area (Å²) < 4.78 is 56.9. The van der Waals surface area contributed by atoms with E-state index in [2.05, 4.69) is 66.1 Å². The number of ketones is 1. The minimum atomic E-state index is -1.44. The third kappa shape index (κ3) is 13.8. The second-order valence-corrected chi connectivity index (χ2v) is 30.1. The van der Waals surface area contributed by atoms with Crippen molar-refractivity contribution in [2.45, 2.75) is 230 Å². The van der Waals surface area contributed by atoms with Crippen molar-refractivity contribution < 1.29 is 72.0 Å². The number of hydrogen-bond acceptors (Lipinski definition) is 15. The van der Waals surface area contributed by atoms with E-state index in [1.54, 1.807) is 11.8 Å². The van der Waals surface area contributed by atoms with Crippen LogP contribution >= 0.6 is 0 Å². The Balaban J connectivity index is 0.922. The van der Waals surface area contributed by atoms with Gasteiger partial charge in [-0.3, -0.25) is 19.3 Å². The molecule has 5 fully saturated rings. The van der Waals surface area contributed by atoms with Gasteiger partial charge >= 0.3 is 18.0 Å². The van der Waals surface area contributed by atoms with Crippen LogP contribution in [0.2, 0.25) is 25.7 Å². The summed E-state index contributed by atoms with van der Waals surface area (Å²) in [5, 5.41) is 23.3. The van der Waals surface area contributed by atoms with Crippen LogP contribution in [0.4, 0.5) is 4.79 Å². The number of amides is 1. The fraction of sp³-hybridized carbons (Fsp3) is 0.789. The van der Waals surface area contributed by atoms with Crippen LogP contribution in [0.3, 0.4) is 0 Å². The maximum Gasteiger partial charge on any atom is 0.412 e. The van der Waals surface area contributed by atoms with Crippen molar-refractivity contribution >= 4 is 31.9 Å². The molecule has 0 aromatic carbocycles. The van der Waals surface area contributed by atoms with E-state index in [0.29, 0.717) is 69.6 Å². The highest BCUT2D eigenvalue weighted by Gasteiger charge is 2.61. The van der Waals surface area contributed by atoms with Crippen LogP contribution in [0.1, 0.15) is 132 Å². The zero-order valence-corrected chi connectivity index (χ0v) is 47.2. The first-order valence-corrected chi connectivity index (χ1v) is 31.5. The molecule has 18 atom stereocenters. The van der Waals surface area contributed by atoms with Crippen molar-refractivity contribution in [1.82, 2.24) is 4.90 Å². The number of Topliss-reactive ketones (excluding diaryl/α,β-unsaturated/α-hetero) is 1. The fourth-order valence-corrected chi connectivity index (χ4v) is 13.4. The van der Waals surface area contributed by atoms with E-state index in [9.17, 15) is 29.4 Å². The van der Waals surface area contributed by atoms with E-state index in [4.69, 9.17) is 42.6 Å². The van der Waals surface area contributed by atoms with Crippen LogP contribution in [-0.4, -0.2) is 139 Å². The maximum absolute atomic E-state index is 14.1. The number of rotatable bonds is 19. The monoisotopic (exact) mass is 1060 g/mol. The summed E-state index contributed by atoms with van der Waals surface area (Å²) in [5.74, 6) is -3.12. The molecule has 0 aromatic heterocycles. The number of ether oxygens (including phenoxy) is 9. The quantitative estimate of drug-likeness (QED) is 0.0409. The standard InChI is InChI=1S/C57H89NO15Si/c1-34-26-44(68-49(27-34)53-45(61)32-56(72-53)39(6)25-35(2)33-58(56)54(64)66-23-24-74(10,11)12)29-38(5)52(67-42(9)60)37(4)28-36(3)50(62)51(63)48-31-47-46(69-48)30-40(7)57(71-47)21-20-55(73-57)19-16-18-43(70-55)17-14-13-15-22-65-41(8)59/h14,16-17,19,26,34-37,39-40,43,45-49,51-53,61,63H,5,13,15,18,20-25,27-33H2,1-4,6-12H3/b17-14+/t34-,35-,36+,37-,39+,40-,43+,45-,46-,47-,48+,49-,51-,52-,53+,55-,56+,57+/m0/s1. The van der Waals surface area contributed by atoms with E-state index in [0.717, 1.165) is 31.7 Å². The Morgan fingerprint density at radius 2 is 1.69 bits per heavy atom. The zero-order chi connectivity index (χ0) is 53.9. The van der Waals surface area contributed by atoms with Crippen LogP contribution in [0.25, 0.3) is 0 Å². The smallest absolute Gasteiger partial charge is 0.412 e. The molecule has 0 unspecified atom stereocenters. The molecule has 416 valence electrons. The van der Waals surface area contributed by atoms with Gasteiger partial charge in [0.15, 0.2) is 23.1 Å². The first-order chi connectivity index (χ1) is 34.8. The number of hydrogen-bond donors (Lipinski definition) is 2. The number of fused-ring (bicyclic) bond motifs is 1. The molecule has 0 saturated carbocycles. The summed E-state index contributed by atoms with van der Waals surface area (Å²) in [4.78, 5) is 53.2. The molecule has 0 aromatic rings. The Kier molecular flexibility index (Phi) is 19.0. The summed E-state index contributed by atoms with van der Waals surface area (Å²) in [5.41, 5.74) is -0.442. The molecule has 7 aliphatic rings. The number of esters is 2. The Bertz CT molecular complexity index is 2110. The first kappa shape index (κ1) is 58.3. The van der Waals surface area contributed by atoms with Crippen LogP contribution in [0, 0.1) is 35.5 Å². The maximum atomic E-state index is 14.1. The highest BCUT2D eigenvalue weighted by molar-refractivity contribution is 6.76. The van der Waals surface area contributed by atoms with Crippen molar-refractivity contribution in [1.29, 1.82) is 0 Å². The number of likely N-dealkylation sites (tertiary alicyclic amines) is 1. The second kappa shape index (κ2) is 24.1. The van der Waals surface area contributed by atoms with Gasteiger partial charge < -0.3 is 52.8 Å². The number of nitrogens with zero attached hydrogens (tertiary/aromatic N) is 1. The van der Waals surface area contributed by atoms with Gasteiger partial charge in [-0.05, 0) is 86.5 Å². The molecule has 7 heterocycles. The Morgan fingerprint density at radius 1 is 0.932 bits per heavy atom. The van der Waals surface area contributed by atoms with Crippen LogP contribution in [0.15, 0.2) is 48.3 Å². The third-order valence-electron chi connectivity index (χ3n) is 16.6. The number of unbranched alkanes of at least 4 members (excludes halogenated alkanes) is 1. The first-order valence-electron chi connectivity index (χ1n) is 27.7. The molecule has 7 rings (SSSR count). The number of carbonyl (C=O) groups excluding carboxylic acids is 4. The van der Waals surface area contributed by atoms with Gasteiger partial charge in [-0.1, -0.05) is 86.0 Å². The molecule has 1 amide bonds. The highest BCUT2D eigenvalue weighted by atomic mass is 28.3. The van der Waals surface area contributed by atoms with E-state index in [1.807, 2.05) is 25.2 Å². The predicted molar refractivity (Wildman–Crippen MR) is 279 cm³/mol. The molecule has 74 heavy (non-hydrogen) atoms. The molecule has 2 N–H and O–H groups in total. The van der Waals surface area contributed by atoms with Gasteiger partial charge in [0, 0.05) is 78.3 Å². The molecular weight excluding hydrogens is 967 g/mol. The third-order valence-corrected chi connectivity index (χ3v) is 18.3. The number of aliphatic hydroxyl groups excluding tert-OH is 2. The number of piperidine rings is 1. The second-order valence-electron chi connectivity index (χ2n) is 24.5. The molecular formula is C57H89NO15Si. The van der Waals surface area contributed by atoms with Crippen molar-refractivity contribution in [2.75, 3.05) is 19.8 Å². The summed E-state index contributed by atoms with van der Waals surface area (Å²) >= 11 is 0. The molecule has 16 nitrogen and oxygen atoms in total. The van der Waals surface area contributed by atoms with Gasteiger partial charge in [0.1, 0.15) is 24.4 Å². The van der Waals surface area contributed by atoms with Crippen LogP contribution < -0.4 is 0 Å². The van der Waals surface area contributed by atoms with Gasteiger partial charge in [-0.15, -0.1) is 0 Å². The lowest BCUT2D eigenvalue weighted by molar-refractivity contribution is -0.355. The number of allylic oxidation sites excluding steroid dienone is 3. The van der Waals surface area contributed by atoms with Crippen molar-refractivity contribution in [3.8, 4) is 0 Å². The van der Waals surface area contributed by atoms with E-state index in [1.165, 1.54) is 13.8 Å². The van der Waals surface area contributed by atoms with E-state index < -0.39 is 80.0 Å². The average molecular weight is 1060 g/mol.